The quantitative estimate of drug-likeness (QED) is 0.732. The van der Waals surface area contributed by atoms with Crippen molar-refractivity contribution in [2.24, 2.45) is 11.8 Å². The third kappa shape index (κ3) is 4.65. The SMILES string of the molecule is CCOC1CC(CC(=O)NCC(C)C)C1. The molecular weight excluding hydrogens is 190 g/mol. The molecule has 0 unspecified atom stereocenters. The number of amides is 1. The van der Waals surface area contributed by atoms with E-state index in [-0.39, 0.29) is 5.91 Å². The van der Waals surface area contributed by atoms with Gasteiger partial charge in [-0.1, -0.05) is 13.8 Å². The number of carbonyl (C=O) groups is 1. The van der Waals surface area contributed by atoms with Crippen molar-refractivity contribution in [3.05, 3.63) is 0 Å². The Morgan fingerprint density at radius 2 is 2.13 bits per heavy atom. The fraction of sp³-hybridized carbons (Fsp3) is 0.917. The minimum absolute atomic E-state index is 0.198. The van der Waals surface area contributed by atoms with Gasteiger partial charge in [0.25, 0.3) is 0 Å². The molecule has 1 rings (SSSR count). The molecule has 0 aromatic carbocycles. The van der Waals surface area contributed by atoms with Crippen molar-refractivity contribution in [1.29, 1.82) is 0 Å². The van der Waals surface area contributed by atoms with Crippen molar-refractivity contribution in [1.82, 2.24) is 5.32 Å². The predicted octanol–water partition coefficient (Wildman–Crippen LogP) is 1.96. The zero-order valence-electron chi connectivity index (χ0n) is 10.1. The van der Waals surface area contributed by atoms with E-state index in [2.05, 4.69) is 19.2 Å². The molecule has 15 heavy (non-hydrogen) atoms. The Hall–Kier alpha value is -0.570. The normalized spacial score (nSPS) is 25.1. The first kappa shape index (κ1) is 12.5. The Morgan fingerprint density at radius 1 is 1.47 bits per heavy atom. The standard InChI is InChI=1S/C12H23NO2/c1-4-15-11-5-10(6-11)7-12(14)13-8-9(2)3/h9-11H,4-8H2,1-3H3,(H,13,14). The second-order valence-electron chi connectivity index (χ2n) is 4.82. The van der Waals surface area contributed by atoms with E-state index >= 15 is 0 Å². The minimum Gasteiger partial charge on any atom is -0.378 e. The summed E-state index contributed by atoms with van der Waals surface area (Å²) in [6, 6.07) is 0. The molecule has 0 aliphatic heterocycles. The molecule has 3 heteroatoms. The highest BCUT2D eigenvalue weighted by Gasteiger charge is 2.30. The summed E-state index contributed by atoms with van der Waals surface area (Å²) in [6.45, 7) is 7.81. The molecule has 3 nitrogen and oxygen atoms in total. The van der Waals surface area contributed by atoms with Gasteiger partial charge in [0.05, 0.1) is 6.10 Å². The van der Waals surface area contributed by atoms with Crippen molar-refractivity contribution in [3.63, 3.8) is 0 Å². The summed E-state index contributed by atoms with van der Waals surface area (Å²) in [5, 5.41) is 2.95. The van der Waals surface area contributed by atoms with E-state index in [1.54, 1.807) is 0 Å². The van der Waals surface area contributed by atoms with Gasteiger partial charge in [0.1, 0.15) is 0 Å². The first-order valence-electron chi connectivity index (χ1n) is 6.00. The molecule has 0 aromatic rings. The molecule has 0 aromatic heterocycles. The monoisotopic (exact) mass is 213 g/mol. The Kier molecular flexibility index (Phi) is 5.09. The lowest BCUT2D eigenvalue weighted by molar-refractivity contribution is -0.124. The van der Waals surface area contributed by atoms with Gasteiger partial charge in [-0.3, -0.25) is 4.79 Å². The van der Waals surface area contributed by atoms with Crippen LogP contribution in [0.5, 0.6) is 0 Å². The first-order valence-corrected chi connectivity index (χ1v) is 6.00. The summed E-state index contributed by atoms with van der Waals surface area (Å²) in [7, 11) is 0. The second-order valence-corrected chi connectivity index (χ2v) is 4.82. The van der Waals surface area contributed by atoms with Crippen LogP contribution in [0, 0.1) is 11.8 Å². The van der Waals surface area contributed by atoms with Crippen LogP contribution in [0.4, 0.5) is 0 Å². The molecule has 1 aliphatic rings. The molecule has 1 aliphatic carbocycles. The van der Waals surface area contributed by atoms with Crippen molar-refractivity contribution >= 4 is 5.91 Å². The second kappa shape index (κ2) is 6.11. The fourth-order valence-corrected chi connectivity index (χ4v) is 1.87. The maximum atomic E-state index is 11.5. The van der Waals surface area contributed by atoms with Gasteiger partial charge in [0.2, 0.25) is 5.91 Å². The van der Waals surface area contributed by atoms with Crippen LogP contribution in [-0.2, 0) is 9.53 Å². The minimum atomic E-state index is 0.198. The number of hydrogen-bond donors (Lipinski definition) is 1. The van der Waals surface area contributed by atoms with E-state index in [0.717, 1.165) is 26.0 Å². The molecule has 0 bridgehead atoms. The highest BCUT2D eigenvalue weighted by Crippen LogP contribution is 2.32. The van der Waals surface area contributed by atoms with E-state index in [4.69, 9.17) is 4.74 Å². The van der Waals surface area contributed by atoms with Gasteiger partial charge in [0, 0.05) is 19.6 Å². The molecule has 1 N–H and O–H groups in total. The Morgan fingerprint density at radius 3 is 2.67 bits per heavy atom. The summed E-state index contributed by atoms with van der Waals surface area (Å²) < 4.78 is 5.46. The average Bonchev–Trinajstić information content (AvgIpc) is 2.11. The summed E-state index contributed by atoms with van der Waals surface area (Å²) in [4.78, 5) is 11.5. The summed E-state index contributed by atoms with van der Waals surface area (Å²) >= 11 is 0. The molecule has 0 heterocycles. The molecule has 0 spiro atoms. The van der Waals surface area contributed by atoms with E-state index in [9.17, 15) is 4.79 Å². The molecule has 1 fully saturated rings. The summed E-state index contributed by atoms with van der Waals surface area (Å²) in [5.41, 5.74) is 0. The van der Waals surface area contributed by atoms with Crippen LogP contribution in [0.15, 0.2) is 0 Å². The van der Waals surface area contributed by atoms with Crippen LogP contribution in [0.1, 0.15) is 40.0 Å². The van der Waals surface area contributed by atoms with Crippen LogP contribution in [0.3, 0.4) is 0 Å². The predicted molar refractivity (Wildman–Crippen MR) is 60.6 cm³/mol. The van der Waals surface area contributed by atoms with Crippen molar-refractivity contribution in [2.75, 3.05) is 13.2 Å². The molecule has 1 amide bonds. The van der Waals surface area contributed by atoms with Crippen molar-refractivity contribution in [2.45, 2.75) is 46.1 Å². The summed E-state index contributed by atoms with van der Waals surface area (Å²) in [5.74, 6) is 1.28. The lowest BCUT2D eigenvalue weighted by Gasteiger charge is -2.34. The zero-order valence-corrected chi connectivity index (χ0v) is 10.1. The topological polar surface area (TPSA) is 38.3 Å². The molecule has 88 valence electrons. The maximum absolute atomic E-state index is 11.5. The van der Waals surface area contributed by atoms with Gasteiger partial charge in [-0.2, -0.15) is 0 Å². The highest BCUT2D eigenvalue weighted by atomic mass is 16.5. The van der Waals surface area contributed by atoms with Crippen LogP contribution < -0.4 is 5.32 Å². The van der Waals surface area contributed by atoms with E-state index in [1.807, 2.05) is 6.92 Å². The Bertz CT molecular complexity index is 198. The number of carbonyl (C=O) groups excluding carboxylic acids is 1. The van der Waals surface area contributed by atoms with Gasteiger partial charge in [-0.05, 0) is 31.6 Å². The smallest absolute Gasteiger partial charge is 0.220 e. The van der Waals surface area contributed by atoms with Gasteiger partial charge in [0.15, 0.2) is 0 Å². The zero-order chi connectivity index (χ0) is 11.3. The molecule has 0 radical (unpaired) electrons. The number of rotatable bonds is 6. The Balaban J connectivity index is 2.03. The third-order valence-corrected chi connectivity index (χ3v) is 2.78. The third-order valence-electron chi connectivity index (χ3n) is 2.78. The van der Waals surface area contributed by atoms with Crippen LogP contribution >= 0.6 is 0 Å². The number of nitrogens with one attached hydrogen (secondary N) is 1. The van der Waals surface area contributed by atoms with E-state index in [1.165, 1.54) is 0 Å². The van der Waals surface area contributed by atoms with Crippen molar-refractivity contribution < 1.29 is 9.53 Å². The number of hydrogen-bond acceptors (Lipinski definition) is 2. The fourth-order valence-electron chi connectivity index (χ4n) is 1.87. The van der Waals surface area contributed by atoms with Gasteiger partial charge in [-0.25, -0.2) is 0 Å². The molecule has 0 saturated heterocycles. The van der Waals surface area contributed by atoms with E-state index in [0.29, 0.717) is 24.4 Å². The highest BCUT2D eigenvalue weighted by molar-refractivity contribution is 5.76. The molecule has 1 saturated carbocycles. The lowest BCUT2D eigenvalue weighted by atomic mass is 9.80. The van der Waals surface area contributed by atoms with Gasteiger partial charge in [-0.15, -0.1) is 0 Å². The Labute approximate surface area is 92.6 Å². The van der Waals surface area contributed by atoms with Crippen LogP contribution in [0.25, 0.3) is 0 Å². The van der Waals surface area contributed by atoms with Crippen molar-refractivity contribution in [3.8, 4) is 0 Å². The lowest BCUT2D eigenvalue weighted by Crippen LogP contribution is -2.36. The maximum Gasteiger partial charge on any atom is 0.220 e. The van der Waals surface area contributed by atoms with Crippen LogP contribution in [0.2, 0.25) is 0 Å². The summed E-state index contributed by atoms with van der Waals surface area (Å²) in [6.07, 6.45) is 3.21. The molecular formula is C12H23NO2. The largest absolute Gasteiger partial charge is 0.378 e. The van der Waals surface area contributed by atoms with Crippen LogP contribution in [-0.4, -0.2) is 25.2 Å². The average molecular weight is 213 g/mol. The molecule has 0 atom stereocenters. The van der Waals surface area contributed by atoms with Gasteiger partial charge >= 0.3 is 0 Å². The van der Waals surface area contributed by atoms with Gasteiger partial charge < -0.3 is 10.1 Å². The number of ether oxygens (including phenoxy) is 1. The first-order chi connectivity index (χ1) is 7.11. The van der Waals surface area contributed by atoms with E-state index < -0.39 is 0 Å².